The van der Waals surface area contributed by atoms with E-state index in [-0.39, 0.29) is 13.0 Å². The van der Waals surface area contributed by atoms with Gasteiger partial charge in [0.1, 0.15) is 0 Å². The molecule has 1 atom stereocenters. The van der Waals surface area contributed by atoms with E-state index in [1.165, 1.54) is 4.90 Å². The maximum Gasteiger partial charge on any atom is 0.393 e. The molecule has 1 aliphatic heterocycles. The standard InChI is InChI=1S/C14H16ClF3N2O/c1-9-4-5-12(11(15)7-9)19-13(21)20-6-2-3-10(8-20)14(16,17)18/h4-5,7,10H,2-3,6,8H2,1H3,(H,19,21)/t10-/m0/s1. The minimum absolute atomic E-state index is 0.0680. The fourth-order valence-electron chi connectivity index (χ4n) is 2.34. The number of alkyl halides is 3. The van der Waals surface area contributed by atoms with Gasteiger partial charge in [-0.05, 0) is 37.5 Å². The maximum atomic E-state index is 12.7. The van der Waals surface area contributed by atoms with Gasteiger partial charge >= 0.3 is 12.2 Å². The van der Waals surface area contributed by atoms with Crippen molar-refractivity contribution in [1.29, 1.82) is 0 Å². The minimum Gasteiger partial charge on any atom is -0.324 e. The van der Waals surface area contributed by atoms with Gasteiger partial charge in [-0.2, -0.15) is 13.2 Å². The highest BCUT2D eigenvalue weighted by Crippen LogP contribution is 2.33. The van der Waals surface area contributed by atoms with Gasteiger partial charge in [-0.25, -0.2) is 4.79 Å². The molecule has 3 nitrogen and oxygen atoms in total. The van der Waals surface area contributed by atoms with E-state index >= 15 is 0 Å². The first-order chi connectivity index (χ1) is 9.77. The number of nitrogens with one attached hydrogen (secondary N) is 1. The number of benzene rings is 1. The van der Waals surface area contributed by atoms with Crippen LogP contribution in [0.15, 0.2) is 18.2 Å². The number of amides is 2. The number of piperidine rings is 1. The van der Waals surface area contributed by atoms with Gasteiger partial charge in [0.25, 0.3) is 0 Å². The van der Waals surface area contributed by atoms with Crippen molar-refractivity contribution in [1.82, 2.24) is 4.90 Å². The van der Waals surface area contributed by atoms with Crippen LogP contribution < -0.4 is 5.32 Å². The van der Waals surface area contributed by atoms with E-state index in [4.69, 9.17) is 11.6 Å². The molecule has 2 rings (SSSR count). The lowest BCUT2D eigenvalue weighted by atomic mass is 9.98. The van der Waals surface area contributed by atoms with Crippen LogP contribution in [-0.2, 0) is 0 Å². The molecular weight excluding hydrogens is 305 g/mol. The van der Waals surface area contributed by atoms with Crippen LogP contribution in [0.2, 0.25) is 5.02 Å². The minimum atomic E-state index is -4.26. The summed E-state index contributed by atoms with van der Waals surface area (Å²) in [7, 11) is 0. The number of likely N-dealkylation sites (tertiary alicyclic amines) is 1. The highest BCUT2D eigenvalue weighted by molar-refractivity contribution is 6.33. The number of nitrogens with zero attached hydrogens (tertiary/aromatic N) is 1. The Kier molecular flexibility index (Phi) is 4.66. The van der Waals surface area contributed by atoms with Crippen molar-refractivity contribution in [2.24, 2.45) is 5.92 Å². The van der Waals surface area contributed by atoms with Crippen molar-refractivity contribution in [3.8, 4) is 0 Å². The van der Waals surface area contributed by atoms with Crippen molar-refractivity contribution < 1.29 is 18.0 Å². The molecule has 1 fully saturated rings. The molecule has 0 unspecified atom stereocenters. The summed E-state index contributed by atoms with van der Waals surface area (Å²) >= 11 is 6.00. The fourth-order valence-corrected chi connectivity index (χ4v) is 2.63. The van der Waals surface area contributed by atoms with Crippen molar-refractivity contribution in [3.63, 3.8) is 0 Å². The van der Waals surface area contributed by atoms with Gasteiger partial charge in [0, 0.05) is 13.1 Å². The Labute approximate surface area is 126 Å². The second-order valence-electron chi connectivity index (χ2n) is 5.24. The van der Waals surface area contributed by atoms with Gasteiger partial charge in [0.2, 0.25) is 0 Å². The monoisotopic (exact) mass is 320 g/mol. The molecule has 21 heavy (non-hydrogen) atoms. The zero-order chi connectivity index (χ0) is 15.6. The second kappa shape index (κ2) is 6.13. The number of rotatable bonds is 1. The fraction of sp³-hybridized carbons (Fsp3) is 0.500. The first-order valence-electron chi connectivity index (χ1n) is 6.66. The molecule has 1 aromatic rings. The Balaban J connectivity index is 2.03. The molecule has 0 aromatic heterocycles. The van der Waals surface area contributed by atoms with E-state index in [9.17, 15) is 18.0 Å². The average Bonchev–Trinajstić information content (AvgIpc) is 2.41. The van der Waals surface area contributed by atoms with Gasteiger partial charge in [-0.3, -0.25) is 0 Å². The molecule has 116 valence electrons. The first-order valence-corrected chi connectivity index (χ1v) is 7.04. The zero-order valence-electron chi connectivity index (χ0n) is 11.5. The summed E-state index contributed by atoms with van der Waals surface area (Å²) < 4.78 is 38.2. The lowest BCUT2D eigenvalue weighted by Crippen LogP contribution is -2.46. The molecule has 1 saturated heterocycles. The lowest BCUT2D eigenvalue weighted by Gasteiger charge is -2.33. The second-order valence-corrected chi connectivity index (χ2v) is 5.65. The molecule has 0 saturated carbocycles. The summed E-state index contributed by atoms with van der Waals surface area (Å²) in [5, 5.41) is 2.94. The van der Waals surface area contributed by atoms with E-state index < -0.39 is 18.1 Å². The van der Waals surface area contributed by atoms with Crippen molar-refractivity contribution in [2.45, 2.75) is 25.9 Å². The van der Waals surface area contributed by atoms with Gasteiger partial charge < -0.3 is 10.2 Å². The van der Waals surface area contributed by atoms with E-state index in [2.05, 4.69) is 5.32 Å². The summed E-state index contributed by atoms with van der Waals surface area (Å²) in [4.78, 5) is 13.3. The highest BCUT2D eigenvalue weighted by Gasteiger charge is 2.42. The Morgan fingerprint density at radius 1 is 1.43 bits per heavy atom. The summed E-state index contributed by atoms with van der Waals surface area (Å²) in [6.07, 6.45) is -3.85. The number of hydrogen-bond donors (Lipinski definition) is 1. The molecule has 1 aromatic carbocycles. The Bertz CT molecular complexity index is 533. The summed E-state index contributed by atoms with van der Waals surface area (Å²) in [5.41, 5.74) is 1.34. The first kappa shape index (κ1) is 15.9. The summed E-state index contributed by atoms with van der Waals surface area (Å²) in [6.45, 7) is 1.87. The van der Waals surface area contributed by atoms with Gasteiger partial charge in [0.15, 0.2) is 0 Å². The number of halogens is 4. The summed E-state index contributed by atoms with van der Waals surface area (Å²) in [6, 6.07) is 4.55. The van der Waals surface area contributed by atoms with Crippen LogP contribution in [0.1, 0.15) is 18.4 Å². The van der Waals surface area contributed by atoms with Crippen LogP contribution in [-0.4, -0.2) is 30.2 Å². The number of urea groups is 1. The SMILES string of the molecule is Cc1ccc(NC(=O)N2CCC[C@H](C(F)(F)F)C2)c(Cl)c1. The topological polar surface area (TPSA) is 32.3 Å². The zero-order valence-corrected chi connectivity index (χ0v) is 12.3. The molecule has 0 radical (unpaired) electrons. The Hall–Kier alpha value is -1.43. The third kappa shape index (κ3) is 4.03. The van der Waals surface area contributed by atoms with Crippen LogP contribution in [0.3, 0.4) is 0 Å². The van der Waals surface area contributed by atoms with E-state index in [1.807, 2.05) is 6.92 Å². The van der Waals surface area contributed by atoms with Crippen LogP contribution in [0.5, 0.6) is 0 Å². The number of carbonyl (C=O) groups is 1. The molecule has 1 heterocycles. The molecule has 1 N–H and O–H groups in total. The van der Waals surface area contributed by atoms with Gasteiger partial charge in [0.05, 0.1) is 16.6 Å². The van der Waals surface area contributed by atoms with E-state index in [0.717, 1.165) is 5.56 Å². The van der Waals surface area contributed by atoms with Crippen molar-refractivity contribution in [2.75, 3.05) is 18.4 Å². The third-order valence-corrected chi connectivity index (χ3v) is 3.85. The molecule has 0 aliphatic carbocycles. The Morgan fingerprint density at radius 2 is 2.14 bits per heavy atom. The molecule has 0 spiro atoms. The van der Waals surface area contributed by atoms with Crippen LogP contribution in [0.25, 0.3) is 0 Å². The molecule has 0 bridgehead atoms. The van der Waals surface area contributed by atoms with Crippen LogP contribution >= 0.6 is 11.6 Å². The highest BCUT2D eigenvalue weighted by atomic mass is 35.5. The lowest BCUT2D eigenvalue weighted by molar-refractivity contribution is -0.183. The average molecular weight is 321 g/mol. The maximum absolute atomic E-state index is 12.7. The molecular formula is C14H16ClF3N2O. The van der Waals surface area contributed by atoms with Crippen LogP contribution in [0, 0.1) is 12.8 Å². The number of hydrogen-bond acceptors (Lipinski definition) is 1. The molecule has 2 amide bonds. The predicted octanol–water partition coefficient (Wildman–Crippen LogP) is 4.45. The van der Waals surface area contributed by atoms with Crippen molar-refractivity contribution >= 4 is 23.3 Å². The van der Waals surface area contributed by atoms with E-state index in [0.29, 0.717) is 23.7 Å². The Morgan fingerprint density at radius 3 is 2.76 bits per heavy atom. The van der Waals surface area contributed by atoms with Crippen molar-refractivity contribution in [3.05, 3.63) is 28.8 Å². The quantitative estimate of drug-likeness (QED) is 0.814. The predicted molar refractivity (Wildman–Crippen MR) is 75.6 cm³/mol. The molecule has 7 heteroatoms. The number of anilines is 1. The normalized spacial score (nSPS) is 19.5. The third-order valence-electron chi connectivity index (χ3n) is 3.54. The summed E-state index contributed by atoms with van der Waals surface area (Å²) in [5.74, 6) is -1.45. The number of carbonyl (C=O) groups excluding carboxylic acids is 1. The van der Waals surface area contributed by atoms with Crippen LogP contribution in [0.4, 0.5) is 23.7 Å². The smallest absolute Gasteiger partial charge is 0.324 e. The van der Waals surface area contributed by atoms with E-state index in [1.54, 1.807) is 18.2 Å². The number of aryl methyl sites for hydroxylation is 1. The largest absolute Gasteiger partial charge is 0.393 e. The van der Waals surface area contributed by atoms with Gasteiger partial charge in [-0.1, -0.05) is 17.7 Å². The molecule has 1 aliphatic rings. The van der Waals surface area contributed by atoms with Gasteiger partial charge in [-0.15, -0.1) is 0 Å².